The molecule has 0 aliphatic carbocycles. The molecule has 0 saturated carbocycles. The van der Waals surface area contributed by atoms with Crippen molar-refractivity contribution in [1.29, 1.82) is 0 Å². The van der Waals surface area contributed by atoms with E-state index in [9.17, 15) is 9.18 Å². The number of amides is 1. The van der Waals surface area contributed by atoms with Crippen LogP contribution in [0.15, 0.2) is 52.7 Å². The number of nitrogens with zero attached hydrogens (tertiary/aromatic N) is 2. The number of thioether (sulfide) groups is 1. The van der Waals surface area contributed by atoms with Gasteiger partial charge in [0.15, 0.2) is 5.13 Å². The van der Waals surface area contributed by atoms with Crippen molar-refractivity contribution < 1.29 is 9.18 Å². The summed E-state index contributed by atoms with van der Waals surface area (Å²) >= 11 is 2.82. The lowest BCUT2D eigenvalue weighted by molar-refractivity contribution is -0.115. The molecule has 0 atom stereocenters. The lowest BCUT2D eigenvalue weighted by Crippen LogP contribution is -2.23. The summed E-state index contributed by atoms with van der Waals surface area (Å²) < 4.78 is 13.7. The van der Waals surface area contributed by atoms with Gasteiger partial charge in [0.1, 0.15) is 5.82 Å². The van der Waals surface area contributed by atoms with E-state index in [1.54, 1.807) is 17.0 Å². The highest BCUT2D eigenvalue weighted by Crippen LogP contribution is 2.33. The molecule has 0 unspecified atom stereocenters. The molecule has 1 aromatic heterocycles. The molecule has 0 saturated heterocycles. The molecule has 26 heavy (non-hydrogen) atoms. The van der Waals surface area contributed by atoms with Gasteiger partial charge in [-0.2, -0.15) is 0 Å². The quantitative estimate of drug-likeness (QED) is 0.514. The summed E-state index contributed by atoms with van der Waals surface area (Å²) in [4.78, 5) is 19.1. The minimum Gasteiger partial charge on any atom is -0.274 e. The summed E-state index contributed by atoms with van der Waals surface area (Å²) in [5.41, 5.74) is 3.84. The third kappa shape index (κ3) is 4.14. The zero-order valence-electron chi connectivity index (χ0n) is 14.8. The van der Waals surface area contributed by atoms with Crippen LogP contribution in [0, 0.1) is 19.7 Å². The van der Waals surface area contributed by atoms with E-state index in [1.165, 1.54) is 36.1 Å². The number of aromatic nitrogens is 1. The molecule has 3 aromatic rings. The molecule has 0 N–H and O–H groups in total. The number of benzene rings is 2. The monoisotopic (exact) mass is 386 g/mol. The summed E-state index contributed by atoms with van der Waals surface area (Å²) in [5.74, 6) is 0.240. The Morgan fingerprint density at radius 3 is 2.69 bits per heavy atom. The number of anilines is 2. The Morgan fingerprint density at radius 2 is 2.00 bits per heavy atom. The number of hydrogen-bond donors (Lipinski definition) is 0. The molecule has 2 aromatic carbocycles. The van der Waals surface area contributed by atoms with Gasteiger partial charge in [-0.15, -0.1) is 23.1 Å². The second-order valence-corrected chi connectivity index (χ2v) is 7.84. The van der Waals surface area contributed by atoms with Crippen molar-refractivity contribution in [2.75, 3.05) is 4.90 Å². The second kappa shape index (κ2) is 8.01. The molecule has 0 aliphatic heterocycles. The van der Waals surface area contributed by atoms with Gasteiger partial charge in [0.25, 0.3) is 0 Å². The molecular weight excluding hydrogens is 367 g/mol. The Morgan fingerprint density at radius 1 is 1.23 bits per heavy atom. The van der Waals surface area contributed by atoms with E-state index in [2.05, 4.69) is 4.98 Å². The first kappa shape index (κ1) is 18.6. The van der Waals surface area contributed by atoms with Crippen LogP contribution in [0.5, 0.6) is 0 Å². The number of hydrogen-bond acceptors (Lipinski definition) is 4. The Hall–Kier alpha value is -2.18. The zero-order chi connectivity index (χ0) is 18.7. The van der Waals surface area contributed by atoms with Crippen molar-refractivity contribution in [3.05, 3.63) is 70.5 Å². The Balaban J connectivity index is 1.82. The van der Waals surface area contributed by atoms with Crippen molar-refractivity contribution in [2.45, 2.75) is 31.4 Å². The molecule has 0 fully saturated rings. The van der Waals surface area contributed by atoms with Crippen molar-refractivity contribution in [2.24, 2.45) is 0 Å². The number of rotatable bonds is 5. The van der Waals surface area contributed by atoms with Crippen LogP contribution in [0.1, 0.15) is 23.7 Å². The minimum atomic E-state index is -0.228. The van der Waals surface area contributed by atoms with E-state index < -0.39 is 0 Å². The maximum atomic E-state index is 13.7. The standard InChI is InChI=1S/C20H19FN2OS2/c1-13-8-9-18(14(2)10-13)23(15(3)24)20-22-16(12-26-20)11-25-19-7-5-4-6-17(19)21/h4-10,12H,11H2,1-3H3. The van der Waals surface area contributed by atoms with Gasteiger partial charge >= 0.3 is 0 Å². The predicted octanol–water partition coefficient (Wildman–Crippen LogP) is 5.88. The van der Waals surface area contributed by atoms with Crippen molar-refractivity contribution in [3.63, 3.8) is 0 Å². The van der Waals surface area contributed by atoms with Gasteiger partial charge in [0.2, 0.25) is 5.91 Å². The van der Waals surface area contributed by atoms with Crippen LogP contribution in [-0.2, 0) is 10.5 Å². The highest BCUT2D eigenvalue weighted by atomic mass is 32.2. The van der Waals surface area contributed by atoms with E-state index >= 15 is 0 Å². The molecule has 1 heterocycles. The Labute approximate surface area is 160 Å². The maximum absolute atomic E-state index is 13.7. The van der Waals surface area contributed by atoms with Gasteiger partial charge in [0.05, 0.1) is 11.4 Å². The molecule has 3 nitrogen and oxygen atoms in total. The van der Waals surface area contributed by atoms with E-state index in [4.69, 9.17) is 0 Å². The van der Waals surface area contributed by atoms with Gasteiger partial charge in [-0.1, -0.05) is 29.8 Å². The third-order valence-corrected chi connectivity index (χ3v) is 5.81. The number of thiazole rings is 1. The fraction of sp³-hybridized carbons (Fsp3) is 0.200. The van der Waals surface area contributed by atoms with Gasteiger partial charge in [-0.3, -0.25) is 9.69 Å². The van der Waals surface area contributed by atoms with Crippen LogP contribution in [-0.4, -0.2) is 10.9 Å². The molecule has 0 bridgehead atoms. The largest absolute Gasteiger partial charge is 0.274 e. The van der Waals surface area contributed by atoms with E-state index in [1.807, 2.05) is 43.5 Å². The number of aryl methyl sites for hydroxylation is 2. The molecule has 0 aliphatic rings. The number of carbonyl (C=O) groups is 1. The van der Waals surface area contributed by atoms with Crippen LogP contribution in [0.2, 0.25) is 0 Å². The first-order valence-corrected chi connectivity index (χ1v) is 10.0. The number of halogens is 1. The summed E-state index contributed by atoms with van der Waals surface area (Å²) in [6.45, 7) is 5.55. The van der Waals surface area contributed by atoms with Crippen LogP contribution in [0.4, 0.5) is 15.2 Å². The van der Waals surface area contributed by atoms with Gasteiger partial charge in [0, 0.05) is 23.0 Å². The van der Waals surface area contributed by atoms with Crippen LogP contribution in [0.3, 0.4) is 0 Å². The van der Waals surface area contributed by atoms with Crippen LogP contribution < -0.4 is 4.90 Å². The first-order chi connectivity index (χ1) is 12.5. The highest BCUT2D eigenvalue weighted by molar-refractivity contribution is 7.98. The molecule has 1 amide bonds. The molecule has 6 heteroatoms. The lowest BCUT2D eigenvalue weighted by atomic mass is 10.1. The third-order valence-electron chi connectivity index (χ3n) is 3.85. The Bertz CT molecular complexity index is 939. The predicted molar refractivity (Wildman–Crippen MR) is 107 cm³/mol. The molecule has 134 valence electrons. The maximum Gasteiger partial charge on any atom is 0.230 e. The minimum absolute atomic E-state index is 0.0837. The Kier molecular flexibility index (Phi) is 5.74. The zero-order valence-corrected chi connectivity index (χ0v) is 16.5. The molecule has 0 spiro atoms. The lowest BCUT2D eigenvalue weighted by Gasteiger charge is -2.20. The average Bonchev–Trinajstić information content (AvgIpc) is 3.04. The summed E-state index contributed by atoms with van der Waals surface area (Å²) in [6.07, 6.45) is 0. The smallest absolute Gasteiger partial charge is 0.230 e. The van der Waals surface area contributed by atoms with Crippen LogP contribution >= 0.6 is 23.1 Å². The summed E-state index contributed by atoms with van der Waals surface area (Å²) in [5, 5.41) is 2.55. The van der Waals surface area contributed by atoms with E-state index in [0.29, 0.717) is 15.8 Å². The van der Waals surface area contributed by atoms with E-state index in [-0.39, 0.29) is 11.7 Å². The van der Waals surface area contributed by atoms with Crippen molar-refractivity contribution in [1.82, 2.24) is 4.98 Å². The van der Waals surface area contributed by atoms with Gasteiger partial charge < -0.3 is 0 Å². The molecule has 0 radical (unpaired) electrons. The topological polar surface area (TPSA) is 33.2 Å². The van der Waals surface area contributed by atoms with E-state index in [0.717, 1.165) is 22.5 Å². The molecule has 3 rings (SSSR count). The summed E-state index contributed by atoms with van der Waals surface area (Å²) in [6, 6.07) is 12.7. The fourth-order valence-corrected chi connectivity index (χ4v) is 4.46. The van der Waals surface area contributed by atoms with Crippen molar-refractivity contribution >= 4 is 39.8 Å². The first-order valence-electron chi connectivity index (χ1n) is 8.15. The SMILES string of the molecule is CC(=O)N(c1nc(CSc2ccccc2F)cs1)c1ccc(C)cc1C. The number of carbonyl (C=O) groups excluding carboxylic acids is 1. The fourth-order valence-electron chi connectivity index (χ4n) is 2.64. The highest BCUT2D eigenvalue weighted by Gasteiger charge is 2.19. The second-order valence-electron chi connectivity index (χ2n) is 5.98. The average molecular weight is 387 g/mol. The normalized spacial score (nSPS) is 10.8. The molecular formula is C20H19FN2OS2. The van der Waals surface area contributed by atoms with Crippen LogP contribution in [0.25, 0.3) is 0 Å². The van der Waals surface area contributed by atoms with Crippen molar-refractivity contribution in [3.8, 4) is 0 Å². The van der Waals surface area contributed by atoms with Gasteiger partial charge in [-0.05, 0) is 37.6 Å². The van der Waals surface area contributed by atoms with Gasteiger partial charge in [-0.25, -0.2) is 9.37 Å². The summed E-state index contributed by atoms with van der Waals surface area (Å²) in [7, 11) is 0.